The van der Waals surface area contributed by atoms with Gasteiger partial charge >= 0.3 is 0 Å². The zero-order valence-corrected chi connectivity index (χ0v) is 10.3. The Hall–Kier alpha value is -1.46. The standard InChI is InChI=1S/C13H17FN2O2/c1-15-12-8-18-7-10(12)13(17)16-6-9-4-2-3-5-11(9)14/h2-5,10,12,15H,6-8H2,1H3,(H,16,17). The van der Waals surface area contributed by atoms with Gasteiger partial charge in [0.15, 0.2) is 0 Å². The summed E-state index contributed by atoms with van der Waals surface area (Å²) in [5.41, 5.74) is 0.491. The lowest BCUT2D eigenvalue weighted by Crippen LogP contribution is -2.42. The third-order valence-electron chi connectivity index (χ3n) is 3.20. The molecule has 2 rings (SSSR count). The Bertz CT molecular complexity index is 425. The predicted molar refractivity (Wildman–Crippen MR) is 65.4 cm³/mol. The number of amides is 1. The van der Waals surface area contributed by atoms with E-state index in [4.69, 9.17) is 4.74 Å². The zero-order chi connectivity index (χ0) is 13.0. The van der Waals surface area contributed by atoms with Crippen molar-refractivity contribution in [3.05, 3.63) is 35.6 Å². The summed E-state index contributed by atoms with van der Waals surface area (Å²) < 4.78 is 18.6. The lowest BCUT2D eigenvalue weighted by Gasteiger charge is -2.16. The van der Waals surface area contributed by atoms with Crippen molar-refractivity contribution in [1.82, 2.24) is 10.6 Å². The zero-order valence-electron chi connectivity index (χ0n) is 10.3. The maximum Gasteiger partial charge on any atom is 0.227 e. The van der Waals surface area contributed by atoms with Crippen LogP contribution in [0.15, 0.2) is 24.3 Å². The summed E-state index contributed by atoms with van der Waals surface area (Å²) in [6, 6.07) is 6.46. The summed E-state index contributed by atoms with van der Waals surface area (Å²) in [6.45, 7) is 1.15. The molecule has 2 unspecified atom stereocenters. The lowest BCUT2D eigenvalue weighted by molar-refractivity contribution is -0.125. The molecule has 0 radical (unpaired) electrons. The highest BCUT2D eigenvalue weighted by atomic mass is 19.1. The van der Waals surface area contributed by atoms with Crippen molar-refractivity contribution in [2.45, 2.75) is 12.6 Å². The molecule has 0 bridgehead atoms. The molecule has 4 nitrogen and oxygen atoms in total. The molecule has 0 aliphatic carbocycles. The molecule has 1 aromatic rings. The van der Waals surface area contributed by atoms with Crippen LogP contribution < -0.4 is 10.6 Å². The summed E-state index contributed by atoms with van der Waals surface area (Å²) in [6.07, 6.45) is 0. The quantitative estimate of drug-likeness (QED) is 0.828. The van der Waals surface area contributed by atoms with Crippen molar-refractivity contribution in [2.75, 3.05) is 20.3 Å². The Balaban J connectivity index is 1.90. The minimum absolute atomic E-state index is 0.0330. The number of benzene rings is 1. The van der Waals surface area contributed by atoms with Crippen LogP contribution in [0.3, 0.4) is 0 Å². The molecule has 1 aromatic carbocycles. The summed E-state index contributed by atoms with van der Waals surface area (Å²) in [4.78, 5) is 11.9. The first-order chi connectivity index (χ1) is 8.72. The fourth-order valence-electron chi connectivity index (χ4n) is 2.05. The molecule has 1 saturated heterocycles. The van der Waals surface area contributed by atoms with Crippen LogP contribution in [0.4, 0.5) is 4.39 Å². The van der Waals surface area contributed by atoms with Gasteiger partial charge in [-0.15, -0.1) is 0 Å². The SMILES string of the molecule is CNC1COCC1C(=O)NCc1ccccc1F. The molecule has 1 aliphatic heterocycles. The molecule has 1 amide bonds. The summed E-state index contributed by atoms with van der Waals surface area (Å²) in [5.74, 6) is -0.609. The molecule has 1 heterocycles. The fourth-order valence-corrected chi connectivity index (χ4v) is 2.05. The van der Waals surface area contributed by atoms with Gasteiger partial charge in [-0.05, 0) is 13.1 Å². The molecule has 0 spiro atoms. The largest absolute Gasteiger partial charge is 0.379 e. The van der Waals surface area contributed by atoms with Gasteiger partial charge < -0.3 is 15.4 Å². The lowest BCUT2D eigenvalue weighted by atomic mass is 10.0. The van der Waals surface area contributed by atoms with Crippen LogP contribution in [0.25, 0.3) is 0 Å². The molecular weight excluding hydrogens is 235 g/mol. The molecule has 98 valence electrons. The maximum atomic E-state index is 13.4. The van der Waals surface area contributed by atoms with E-state index in [9.17, 15) is 9.18 Å². The average molecular weight is 252 g/mol. The minimum Gasteiger partial charge on any atom is -0.379 e. The molecule has 5 heteroatoms. The number of halogens is 1. The highest BCUT2D eigenvalue weighted by molar-refractivity contribution is 5.79. The van der Waals surface area contributed by atoms with Gasteiger partial charge in [0.1, 0.15) is 5.82 Å². The summed E-state index contributed by atoms with van der Waals surface area (Å²) in [7, 11) is 1.80. The number of likely N-dealkylation sites (N-methyl/N-ethyl adjacent to an activating group) is 1. The minimum atomic E-state index is -0.300. The Labute approximate surface area is 106 Å². The van der Waals surface area contributed by atoms with E-state index in [0.717, 1.165) is 0 Å². The van der Waals surface area contributed by atoms with Crippen LogP contribution in [0, 0.1) is 11.7 Å². The van der Waals surface area contributed by atoms with Crippen LogP contribution in [0.2, 0.25) is 0 Å². The predicted octanol–water partition coefficient (Wildman–Crippen LogP) is 0.676. The van der Waals surface area contributed by atoms with E-state index in [0.29, 0.717) is 18.8 Å². The normalized spacial score (nSPS) is 23.0. The van der Waals surface area contributed by atoms with Crippen LogP contribution in [-0.2, 0) is 16.1 Å². The van der Waals surface area contributed by atoms with Crippen LogP contribution in [0.1, 0.15) is 5.56 Å². The molecule has 18 heavy (non-hydrogen) atoms. The highest BCUT2D eigenvalue weighted by Gasteiger charge is 2.32. The van der Waals surface area contributed by atoms with Gasteiger partial charge in [-0.1, -0.05) is 18.2 Å². The molecular formula is C13H17FN2O2. The third kappa shape index (κ3) is 2.86. The van der Waals surface area contributed by atoms with Gasteiger partial charge in [-0.25, -0.2) is 4.39 Å². The Kier molecular flexibility index (Phi) is 4.28. The van der Waals surface area contributed by atoms with E-state index in [1.807, 2.05) is 0 Å². The third-order valence-corrected chi connectivity index (χ3v) is 3.20. The second-order valence-corrected chi connectivity index (χ2v) is 4.35. The monoisotopic (exact) mass is 252 g/mol. The van der Waals surface area contributed by atoms with Crippen molar-refractivity contribution in [2.24, 2.45) is 5.92 Å². The van der Waals surface area contributed by atoms with Gasteiger partial charge in [0.25, 0.3) is 0 Å². The van der Waals surface area contributed by atoms with Crippen molar-refractivity contribution >= 4 is 5.91 Å². The van der Waals surface area contributed by atoms with Crippen LogP contribution in [-0.4, -0.2) is 32.2 Å². The fraction of sp³-hybridized carbons (Fsp3) is 0.462. The number of nitrogens with one attached hydrogen (secondary N) is 2. The Morgan fingerprint density at radius 2 is 2.22 bits per heavy atom. The van der Waals surface area contributed by atoms with Crippen LogP contribution in [0.5, 0.6) is 0 Å². The summed E-state index contributed by atoms with van der Waals surface area (Å²) >= 11 is 0. The number of carbonyl (C=O) groups excluding carboxylic acids is 1. The number of rotatable bonds is 4. The van der Waals surface area contributed by atoms with Crippen molar-refractivity contribution in [3.8, 4) is 0 Å². The van der Waals surface area contributed by atoms with Gasteiger partial charge in [-0.3, -0.25) is 4.79 Å². The van der Waals surface area contributed by atoms with Gasteiger partial charge in [0.05, 0.1) is 19.1 Å². The van der Waals surface area contributed by atoms with Crippen molar-refractivity contribution < 1.29 is 13.9 Å². The number of hydrogen-bond acceptors (Lipinski definition) is 3. The van der Waals surface area contributed by atoms with E-state index in [1.165, 1.54) is 6.07 Å². The van der Waals surface area contributed by atoms with Crippen molar-refractivity contribution in [3.63, 3.8) is 0 Å². The van der Waals surface area contributed by atoms with E-state index in [2.05, 4.69) is 10.6 Å². The molecule has 1 fully saturated rings. The number of hydrogen-bond donors (Lipinski definition) is 2. The van der Waals surface area contributed by atoms with Crippen molar-refractivity contribution in [1.29, 1.82) is 0 Å². The molecule has 0 aromatic heterocycles. The Morgan fingerprint density at radius 1 is 1.44 bits per heavy atom. The number of ether oxygens (including phenoxy) is 1. The van der Waals surface area contributed by atoms with Gasteiger partial charge in [0.2, 0.25) is 5.91 Å². The van der Waals surface area contributed by atoms with Gasteiger partial charge in [0, 0.05) is 18.2 Å². The van der Waals surface area contributed by atoms with E-state index in [-0.39, 0.29) is 30.2 Å². The molecule has 0 saturated carbocycles. The smallest absolute Gasteiger partial charge is 0.227 e. The maximum absolute atomic E-state index is 13.4. The molecule has 2 atom stereocenters. The average Bonchev–Trinajstić information content (AvgIpc) is 2.86. The first kappa shape index (κ1) is 13.0. The first-order valence-electron chi connectivity index (χ1n) is 5.98. The topological polar surface area (TPSA) is 50.4 Å². The van der Waals surface area contributed by atoms with E-state index in [1.54, 1.807) is 25.2 Å². The van der Waals surface area contributed by atoms with Gasteiger partial charge in [-0.2, -0.15) is 0 Å². The van der Waals surface area contributed by atoms with Crippen LogP contribution >= 0.6 is 0 Å². The number of carbonyl (C=O) groups is 1. The van der Waals surface area contributed by atoms with E-state index >= 15 is 0 Å². The second-order valence-electron chi connectivity index (χ2n) is 4.35. The second kappa shape index (κ2) is 5.93. The first-order valence-corrected chi connectivity index (χ1v) is 5.98. The Morgan fingerprint density at radius 3 is 2.94 bits per heavy atom. The van der Waals surface area contributed by atoms with E-state index < -0.39 is 0 Å². The highest BCUT2D eigenvalue weighted by Crippen LogP contribution is 2.14. The molecule has 2 N–H and O–H groups in total. The summed E-state index contributed by atoms with van der Waals surface area (Å²) in [5, 5.41) is 5.79. The molecule has 1 aliphatic rings.